The van der Waals surface area contributed by atoms with E-state index in [1.165, 1.54) is 0 Å². The predicted molar refractivity (Wildman–Crippen MR) is 68.5 cm³/mol. The molecule has 0 spiro atoms. The van der Waals surface area contributed by atoms with Crippen LogP contribution in [0.15, 0.2) is 11.1 Å². The monoisotopic (exact) mass is 264 g/mol. The summed E-state index contributed by atoms with van der Waals surface area (Å²) in [7, 11) is 0. The zero-order chi connectivity index (χ0) is 12.6. The summed E-state index contributed by atoms with van der Waals surface area (Å²) in [5, 5.41) is 17.9. The van der Waals surface area contributed by atoms with Crippen molar-refractivity contribution in [2.24, 2.45) is 0 Å². The van der Waals surface area contributed by atoms with E-state index in [-0.39, 0.29) is 24.0 Å². The number of hydrogen-bond donors (Lipinski definition) is 4. The van der Waals surface area contributed by atoms with Crippen molar-refractivity contribution in [1.82, 2.24) is 0 Å². The largest absolute Gasteiger partial charge is 0.478 e. The first-order valence-corrected chi connectivity index (χ1v) is 6.21. The zero-order valence-corrected chi connectivity index (χ0v) is 10.6. The van der Waals surface area contributed by atoms with Crippen LogP contribution >= 0.6 is 25.3 Å². The first kappa shape index (κ1) is 15.4. The average molecular weight is 264 g/mol. The lowest BCUT2D eigenvalue weighted by Gasteiger charge is -2.07. The third-order valence-corrected chi connectivity index (χ3v) is 2.68. The molecule has 0 aromatic carbocycles. The van der Waals surface area contributed by atoms with E-state index in [1.807, 2.05) is 0 Å². The lowest BCUT2D eigenvalue weighted by atomic mass is 10.00. The molecule has 0 aromatic heterocycles. The maximum atomic E-state index is 10.9. The fraction of sp³-hybridized carbons (Fsp3) is 0.600. The quantitative estimate of drug-likeness (QED) is 0.399. The number of rotatable bonds is 8. The number of thiol groups is 2. The van der Waals surface area contributed by atoms with Gasteiger partial charge in [-0.3, -0.25) is 0 Å². The average Bonchev–Trinajstić information content (AvgIpc) is 2.21. The van der Waals surface area contributed by atoms with Crippen molar-refractivity contribution in [2.45, 2.75) is 25.7 Å². The van der Waals surface area contributed by atoms with E-state index in [9.17, 15) is 9.59 Å². The van der Waals surface area contributed by atoms with Gasteiger partial charge in [0.2, 0.25) is 0 Å². The topological polar surface area (TPSA) is 74.6 Å². The molecule has 0 rings (SSSR count). The van der Waals surface area contributed by atoms with Gasteiger partial charge < -0.3 is 10.2 Å². The van der Waals surface area contributed by atoms with Crippen LogP contribution in [0.2, 0.25) is 0 Å². The molecule has 0 radical (unpaired) electrons. The van der Waals surface area contributed by atoms with Crippen LogP contribution in [-0.4, -0.2) is 33.7 Å². The molecule has 0 fully saturated rings. The Morgan fingerprint density at radius 1 is 0.812 bits per heavy atom. The second-order valence-electron chi connectivity index (χ2n) is 3.22. The summed E-state index contributed by atoms with van der Waals surface area (Å²) in [5.41, 5.74) is -0.0216. The minimum atomic E-state index is -1.15. The Labute approximate surface area is 106 Å². The molecule has 2 N–H and O–H groups in total. The normalized spacial score (nSPS) is 12.1. The van der Waals surface area contributed by atoms with Gasteiger partial charge in [-0.2, -0.15) is 25.3 Å². The minimum absolute atomic E-state index is 0.0108. The molecule has 92 valence electrons. The maximum Gasteiger partial charge on any atom is 0.332 e. The Kier molecular flexibility index (Phi) is 8.19. The number of carbonyl (C=O) groups is 2. The zero-order valence-electron chi connectivity index (χ0n) is 8.85. The SMILES string of the molecule is O=C(O)/C(CCCS)=C(/CCCS)C(=O)O. The van der Waals surface area contributed by atoms with Gasteiger partial charge in [0.15, 0.2) is 0 Å². The molecule has 0 aliphatic heterocycles. The number of hydrogen-bond acceptors (Lipinski definition) is 4. The highest BCUT2D eigenvalue weighted by Crippen LogP contribution is 2.17. The van der Waals surface area contributed by atoms with Crippen molar-refractivity contribution in [3.05, 3.63) is 11.1 Å². The smallest absolute Gasteiger partial charge is 0.332 e. The third kappa shape index (κ3) is 5.46. The second-order valence-corrected chi connectivity index (χ2v) is 4.12. The molecule has 4 nitrogen and oxygen atoms in total. The van der Waals surface area contributed by atoms with Gasteiger partial charge in [-0.15, -0.1) is 0 Å². The van der Waals surface area contributed by atoms with E-state index in [1.54, 1.807) is 0 Å². The van der Waals surface area contributed by atoms with Crippen molar-refractivity contribution >= 4 is 37.2 Å². The maximum absolute atomic E-state index is 10.9. The van der Waals surface area contributed by atoms with Crippen LogP contribution in [0.25, 0.3) is 0 Å². The number of aliphatic carboxylic acids is 2. The highest BCUT2D eigenvalue weighted by molar-refractivity contribution is 7.80. The molecule has 0 unspecified atom stereocenters. The van der Waals surface area contributed by atoms with E-state index < -0.39 is 11.9 Å². The lowest BCUT2D eigenvalue weighted by molar-refractivity contribution is -0.136. The molecule has 0 aliphatic rings. The van der Waals surface area contributed by atoms with E-state index in [0.29, 0.717) is 24.3 Å². The molecule has 16 heavy (non-hydrogen) atoms. The van der Waals surface area contributed by atoms with Gasteiger partial charge in [0.1, 0.15) is 0 Å². The molecule has 0 heterocycles. The molecular weight excluding hydrogens is 248 g/mol. The highest BCUT2D eigenvalue weighted by Gasteiger charge is 2.18. The van der Waals surface area contributed by atoms with Crippen LogP contribution in [-0.2, 0) is 9.59 Å². The molecular formula is C10H16O4S2. The fourth-order valence-electron chi connectivity index (χ4n) is 1.29. The summed E-state index contributed by atoms with van der Waals surface area (Å²) < 4.78 is 0. The van der Waals surface area contributed by atoms with Gasteiger partial charge in [-0.25, -0.2) is 9.59 Å². The van der Waals surface area contributed by atoms with E-state index in [2.05, 4.69) is 25.3 Å². The van der Waals surface area contributed by atoms with Crippen LogP contribution in [0.3, 0.4) is 0 Å². The molecule has 6 heteroatoms. The summed E-state index contributed by atoms with van der Waals surface area (Å²) in [6.45, 7) is 0. The molecule has 0 saturated heterocycles. The molecule has 0 saturated carbocycles. The van der Waals surface area contributed by atoms with Crippen LogP contribution in [0.4, 0.5) is 0 Å². The molecule has 0 bridgehead atoms. The molecule has 0 amide bonds. The third-order valence-electron chi connectivity index (χ3n) is 2.05. The first-order chi connectivity index (χ1) is 7.54. The number of carboxylic acid groups (broad SMARTS) is 2. The van der Waals surface area contributed by atoms with Crippen LogP contribution in [0.5, 0.6) is 0 Å². The van der Waals surface area contributed by atoms with Gasteiger partial charge in [0.05, 0.1) is 0 Å². The lowest BCUT2D eigenvalue weighted by Crippen LogP contribution is -2.12. The van der Waals surface area contributed by atoms with Crippen molar-refractivity contribution in [3.8, 4) is 0 Å². The van der Waals surface area contributed by atoms with E-state index in [4.69, 9.17) is 10.2 Å². The van der Waals surface area contributed by atoms with Crippen molar-refractivity contribution in [3.63, 3.8) is 0 Å². The second kappa shape index (κ2) is 8.52. The van der Waals surface area contributed by atoms with Gasteiger partial charge in [-0.05, 0) is 37.2 Å². The number of carboxylic acids is 2. The fourth-order valence-corrected chi connectivity index (χ4v) is 1.60. The first-order valence-electron chi connectivity index (χ1n) is 4.95. The highest BCUT2D eigenvalue weighted by atomic mass is 32.1. The van der Waals surface area contributed by atoms with E-state index >= 15 is 0 Å². The van der Waals surface area contributed by atoms with Crippen molar-refractivity contribution < 1.29 is 19.8 Å². The van der Waals surface area contributed by atoms with Crippen molar-refractivity contribution in [2.75, 3.05) is 11.5 Å². The molecule has 0 aromatic rings. The van der Waals surface area contributed by atoms with Crippen LogP contribution in [0.1, 0.15) is 25.7 Å². The minimum Gasteiger partial charge on any atom is -0.478 e. The predicted octanol–water partition coefficient (Wildman–Crippen LogP) is 1.87. The Morgan fingerprint density at radius 3 is 1.31 bits per heavy atom. The van der Waals surface area contributed by atoms with Gasteiger partial charge in [-0.1, -0.05) is 0 Å². The van der Waals surface area contributed by atoms with Gasteiger partial charge in [0, 0.05) is 11.1 Å². The Bertz CT molecular complexity index is 259. The van der Waals surface area contributed by atoms with Crippen molar-refractivity contribution in [1.29, 1.82) is 0 Å². The van der Waals surface area contributed by atoms with Gasteiger partial charge in [0.25, 0.3) is 0 Å². The van der Waals surface area contributed by atoms with Crippen LogP contribution in [0, 0.1) is 0 Å². The molecule has 0 atom stereocenters. The summed E-state index contributed by atoms with van der Waals surface area (Å²) in [5.74, 6) is -1.23. The van der Waals surface area contributed by atoms with E-state index in [0.717, 1.165) is 0 Å². The van der Waals surface area contributed by atoms with Gasteiger partial charge >= 0.3 is 11.9 Å². The Morgan fingerprint density at radius 2 is 1.12 bits per heavy atom. The summed E-state index contributed by atoms with van der Waals surface area (Å²) in [4.78, 5) is 21.9. The summed E-state index contributed by atoms with van der Waals surface area (Å²) in [6, 6.07) is 0. The summed E-state index contributed by atoms with van der Waals surface area (Å²) in [6.07, 6.45) is 1.60. The summed E-state index contributed by atoms with van der Waals surface area (Å²) >= 11 is 7.96. The van der Waals surface area contributed by atoms with Crippen LogP contribution < -0.4 is 0 Å². The standard InChI is InChI=1S/C10H16O4S2/c11-9(12)7(3-1-5-15)8(10(13)14)4-2-6-16/h15-16H,1-6H2,(H,11,12)(H,13,14)/b8-7-. The Hall–Kier alpha value is -0.620. The molecule has 0 aliphatic carbocycles. The Balaban J connectivity index is 4.94.